The largest absolute Gasteiger partial charge is 0.349 e. The monoisotopic (exact) mass is 267 g/mol. The highest BCUT2D eigenvalue weighted by molar-refractivity contribution is 5.85. The Bertz CT molecular complexity index is 643. The van der Waals surface area contributed by atoms with E-state index in [2.05, 4.69) is 49.5 Å². The summed E-state index contributed by atoms with van der Waals surface area (Å²) in [4.78, 5) is 12.3. The van der Waals surface area contributed by atoms with Crippen molar-refractivity contribution in [2.75, 3.05) is 0 Å². The van der Waals surface area contributed by atoms with Crippen LogP contribution in [0.3, 0.4) is 0 Å². The molecular formula is C18H21NO. The Kier molecular flexibility index (Phi) is 3.25. The van der Waals surface area contributed by atoms with Crippen molar-refractivity contribution >= 4 is 16.7 Å². The number of hydrogen-bond acceptors (Lipinski definition) is 1. The second-order valence-corrected chi connectivity index (χ2v) is 6.22. The topological polar surface area (TPSA) is 29.1 Å². The standard InChI is InChI=1S/C18H21NO/c1-13(19-17(20)18(2)10-5-11-18)15-9-8-14-6-3-4-7-16(14)12-15/h3-4,6-9,12-13H,5,10-11H2,1-2H3,(H,19,20)/t13-/m1/s1. The highest BCUT2D eigenvalue weighted by Gasteiger charge is 2.39. The van der Waals surface area contributed by atoms with E-state index in [-0.39, 0.29) is 17.4 Å². The van der Waals surface area contributed by atoms with E-state index in [1.165, 1.54) is 22.8 Å². The Morgan fingerprint density at radius 2 is 1.85 bits per heavy atom. The van der Waals surface area contributed by atoms with Crippen LogP contribution in [-0.4, -0.2) is 5.91 Å². The van der Waals surface area contributed by atoms with Gasteiger partial charge in [0.05, 0.1) is 6.04 Å². The van der Waals surface area contributed by atoms with Crippen LogP contribution in [-0.2, 0) is 4.79 Å². The normalized spacial score (nSPS) is 18.3. The Hall–Kier alpha value is -1.83. The van der Waals surface area contributed by atoms with Crippen LogP contribution >= 0.6 is 0 Å². The maximum absolute atomic E-state index is 12.3. The van der Waals surface area contributed by atoms with E-state index in [1.807, 2.05) is 12.1 Å². The highest BCUT2D eigenvalue weighted by atomic mass is 16.2. The number of nitrogens with one attached hydrogen (secondary N) is 1. The summed E-state index contributed by atoms with van der Waals surface area (Å²) in [6, 6.07) is 14.8. The van der Waals surface area contributed by atoms with Crippen molar-refractivity contribution in [2.24, 2.45) is 5.41 Å². The van der Waals surface area contributed by atoms with Crippen molar-refractivity contribution in [1.82, 2.24) is 5.32 Å². The van der Waals surface area contributed by atoms with Gasteiger partial charge in [-0.05, 0) is 42.2 Å². The zero-order valence-corrected chi connectivity index (χ0v) is 12.1. The summed E-state index contributed by atoms with van der Waals surface area (Å²) in [5.74, 6) is 0.199. The van der Waals surface area contributed by atoms with Gasteiger partial charge in [0.2, 0.25) is 5.91 Å². The second-order valence-electron chi connectivity index (χ2n) is 6.22. The molecule has 1 fully saturated rings. The molecular weight excluding hydrogens is 246 g/mol. The zero-order valence-electron chi connectivity index (χ0n) is 12.1. The molecule has 0 unspecified atom stereocenters. The number of rotatable bonds is 3. The molecule has 1 amide bonds. The summed E-state index contributed by atoms with van der Waals surface area (Å²) in [6.45, 7) is 4.13. The lowest BCUT2D eigenvalue weighted by Gasteiger charge is -2.37. The van der Waals surface area contributed by atoms with E-state index in [0.717, 1.165) is 12.8 Å². The fourth-order valence-corrected chi connectivity index (χ4v) is 2.87. The molecule has 1 aliphatic carbocycles. The minimum absolute atomic E-state index is 0.0598. The Balaban J connectivity index is 1.78. The van der Waals surface area contributed by atoms with Crippen LogP contribution < -0.4 is 5.32 Å². The molecule has 0 spiro atoms. The quantitative estimate of drug-likeness (QED) is 0.887. The van der Waals surface area contributed by atoms with Crippen LogP contribution in [0.15, 0.2) is 42.5 Å². The lowest BCUT2D eigenvalue weighted by molar-refractivity contribution is -0.135. The Labute approximate surface area is 120 Å². The zero-order chi connectivity index (χ0) is 14.2. The molecule has 20 heavy (non-hydrogen) atoms. The van der Waals surface area contributed by atoms with Gasteiger partial charge < -0.3 is 5.32 Å². The van der Waals surface area contributed by atoms with Crippen LogP contribution in [0.2, 0.25) is 0 Å². The van der Waals surface area contributed by atoms with Gasteiger partial charge in [0, 0.05) is 5.41 Å². The molecule has 2 aromatic rings. The van der Waals surface area contributed by atoms with Gasteiger partial charge in [-0.2, -0.15) is 0 Å². The SMILES string of the molecule is C[C@@H](NC(=O)C1(C)CCC1)c1ccc2ccccc2c1. The molecule has 1 N–H and O–H groups in total. The van der Waals surface area contributed by atoms with Crippen molar-refractivity contribution < 1.29 is 4.79 Å². The Morgan fingerprint density at radius 3 is 2.50 bits per heavy atom. The summed E-state index contributed by atoms with van der Waals surface area (Å²) in [5.41, 5.74) is 1.03. The van der Waals surface area contributed by atoms with Crippen molar-refractivity contribution in [3.63, 3.8) is 0 Å². The molecule has 0 bridgehead atoms. The van der Waals surface area contributed by atoms with Crippen molar-refractivity contribution in [3.05, 3.63) is 48.0 Å². The Morgan fingerprint density at radius 1 is 1.15 bits per heavy atom. The first-order valence-electron chi connectivity index (χ1n) is 7.38. The smallest absolute Gasteiger partial charge is 0.226 e. The first kappa shape index (κ1) is 13.2. The molecule has 1 atom stereocenters. The van der Waals surface area contributed by atoms with Crippen LogP contribution in [0.5, 0.6) is 0 Å². The van der Waals surface area contributed by atoms with Crippen molar-refractivity contribution in [2.45, 2.75) is 39.2 Å². The van der Waals surface area contributed by atoms with Gasteiger partial charge >= 0.3 is 0 Å². The fourth-order valence-electron chi connectivity index (χ4n) is 2.87. The van der Waals surface area contributed by atoms with E-state index in [9.17, 15) is 4.79 Å². The van der Waals surface area contributed by atoms with E-state index in [0.29, 0.717) is 0 Å². The van der Waals surface area contributed by atoms with Crippen LogP contribution in [0, 0.1) is 5.41 Å². The van der Waals surface area contributed by atoms with E-state index in [4.69, 9.17) is 0 Å². The lowest BCUT2D eigenvalue weighted by atomic mass is 9.69. The summed E-state index contributed by atoms with van der Waals surface area (Å²) in [6.07, 6.45) is 3.21. The third kappa shape index (κ3) is 2.31. The summed E-state index contributed by atoms with van der Waals surface area (Å²) in [5, 5.41) is 5.62. The predicted molar refractivity (Wildman–Crippen MR) is 82.5 cm³/mol. The lowest BCUT2D eigenvalue weighted by Crippen LogP contribution is -2.44. The van der Waals surface area contributed by atoms with Gasteiger partial charge in [-0.3, -0.25) is 4.79 Å². The molecule has 104 valence electrons. The molecule has 0 heterocycles. The number of hydrogen-bond donors (Lipinski definition) is 1. The number of amides is 1. The highest BCUT2D eigenvalue weighted by Crippen LogP contribution is 2.40. The maximum Gasteiger partial charge on any atom is 0.226 e. The van der Waals surface area contributed by atoms with Gasteiger partial charge in [-0.25, -0.2) is 0 Å². The molecule has 0 aliphatic heterocycles. The first-order valence-corrected chi connectivity index (χ1v) is 7.38. The van der Waals surface area contributed by atoms with Gasteiger partial charge in [0.1, 0.15) is 0 Å². The third-order valence-electron chi connectivity index (χ3n) is 4.63. The first-order chi connectivity index (χ1) is 9.58. The molecule has 1 aliphatic rings. The van der Waals surface area contributed by atoms with E-state index in [1.54, 1.807) is 0 Å². The van der Waals surface area contributed by atoms with Crippen LogP contribution in [0.1, 0.15) is 44.7 Å². The maximum atomic E-state index is 12.3. The average Bonchev–Trinajstić information content (AvgIpc) is 2.44. The average molecular weight is 267 g/mol. The van der Waals surface area contributed by atoms with Gasteiger partial charge in [0.25, 0.3) is 0 Å². The van der Waals surface area contributed by atoms with E-state index < -0.39 is 0 Å². The van der Waals surface area contributed by atoms with Gasteiger partial charge in [0.15, 0.2) is 0 Å². The molecule has 2 heteroatoms. The molecule has 0 aromatic heterocycles. The predicted octanol–water partition coefficient (Wildman–Crippen LogP) is 4.21. The summed E-state index contributed by atoms with van der Waals surface area (Å²) < 4.78 is 0. The van der Waals surface area contributed by atoms with Crippen molar-refractivity contribution in [1.29, 1.82) is 0 Å². The summed E-state index contributed by atoms with van der Waals surface area (Å²) >= 11 is 0. The minimum Gasteiger partial charge on any atom is -0.349 e. The fraction of sp³-hybridized carbons (Fsp3) is 0.389. The minimum atomic E-state index is -0.134. The van der Waals surface area contributed by atoms with E-state index >= 15 is 0 Å². The van der Waals surface area contributed by atoms with Crippen LogP contribution in [0.4, 0.5) is 0 Å². The molecule has 1 saturated carbocycles. The summed E-state index contributed by atoms with van der Waals surface area (Å²) in [7, 11) is 0. The molecule has 2 nitrogen and oxygen atoms in total. The molecule has 3 rings (SSSR count). The number of benzene rings is 2. The number of fused-ring (bicyclic) bond motifs is 1. The van der Waals surface area contributed by atoms with Gasteiger partial charge in [-0.1, -0.05) is 49.7 Å². The molecule has 2 aromatic carbocycles. The molecule has 0 radical (unpaired) electrons. The molecule has 0 saturated heterocycles. The van der Waals surface area contributed by atoms with Crippen LogP contribution in [0.25, 0.3) is 10.8 Å². The van der Waals surface area contributed by atoms with Gasteiger partial charge in [-0.15, -0.1) is 0 Å². The second kappa shape index (κ2) is 4.93. The third-order valence-corrected chi connectivity index (χ3v) is 4.63. The van der Waals surface area contributed by atoms with Crippen molar-refractivity contribution in [3.8, 4) is 0 Å². The number of carbonyl (C=O) groups is 1. The number of carbonyl (C=O) groups excluding carboxylic acids is 1.